The first kappa shape index (κ1) is 11.9. The second-order valence-electron chi connectivity index (χ2n) is 4.62. The molecular weight excluding hydrogens is 224 g/mol. The lowest BCUT2D eigenvalue weighted by Crippen LogP contribution is -2.55. The van der Waals surface area contributed by atoms with E-state index in [1.54, 1.807) is 0 Å². The Hall–Kier alpha value is -1.59. The molecule has 1 heterocycles. The lowest BCUT2D eigenvalue weighted by molar-refractivity contribution is -0.134. The van der Waals surface area contributed by atoms with Gasteiger partial charge in [0, 0.05) is 12.0 Å². The van der Waals surface area contributed by atoms with Gasteiger partial charge >= 0.3 is 5.97 Å². The third-order valence-electron chi connectivity index (χ3n) is 3.58. The molecule has 1 amide bonds. The van der Waals surface area contributed by atoms with Crippen LogP contribution in [0.15, 0.2) is 5.16 Å². The molecule has 2 N–H and O–H groups in total. The summed E-state index contributed by atoms with van der Waals surface area (Å²) < 4.78 is 0. The average Bonchev–Trinajstić information content (AvgIpc) is 2.72. The Kier molecular flexibility index (Phi) is 3.04. The highest BCUT2D eigenvalue weighted by molar-refractivity contribution is 6.36. The van der Waals surface area contributed by atoms with E-state index in [0.29, 0.717) is 0 Å². The van der Waals surface area contributed by atoms with E-state index in [1.165, 1.54) is 0 Å². The lowest BCUT2D eigenvalue weighted by Gasteiger charge is -2.42. The summed E-state index contributed by atoms with van der Waals surface area (Å²) in [6, 6.07) is 0. The predicted octanol–water partition coefficient (Wildman–Crippen LogP) is 0.665. The molecule has 1 aliphatic heterocycles. The number of aliphatic carboxylic acids is 1. The van der Waals surface area contributed by atoms with E-state index < -0.39 is 12.1 Å². The highest BCUT2D eigenvalue weighted by atomic mass is 16.6. The van der Waals surface area contributed by atoms with Crippen molar-refractivity contribution in [3.63, 3.8) is 0 Å². The van der Waals surface area contributed by atoms with Crippen LogP contribution in [0.4, 0.5) is 0 Å². The van der Waals surface area contributed by atoms with Crippen molar-refractivity contribution in [1.29, 1.82) is 0 Å². The Bertz CT molecular complexity index is 368. The summed E-state index contributed by atoms with van der Waals surface area (Å²) in [5, 5.41) is 15.1. The van der Waals surface area contributed by atoms with Crippen molar-refractivity contribution in [2.24, 2.45) is 5.16 Å². The predicted molar refractivity (Wildman–Crippen MR) is 59.6 cm³/mol. The molecule has 6 nitrogen and oxygen atoms in total. The number of oxime groups is 1. The number of hydrogen-bond acceptors (Lipinski definition) is 4. The zero-order valence-electron chi connectivity index (χ0n) is 9.73. The van der Waals surface area contributed by atoms with Crippen molar-refractivity contribution in [3.05, 3.63) is 0 Å². The van der Waals surface area contributed by atoms with Crippen LogP contribution >= 0.6 is 0 Å². The van der Waals surface area contributed by atoms with Crippen molar-refractivity contribution < 1.29 is 19.5 Å². The summed E-state index contributed by atoms with van der Waals surface area (Å²) in [5.41, 5.74) is -0.198. The highest BCUT2D eigenvalue weighted by Gasteiger charge is 2.40. The Labute approximate surface area is 99.0 Å². The van der Waals surface area contributed by atoms with Crippen LogP contribution in [0.1, 0.15) is 39.0 Å². The smallest absolute Gasteiger partial charge is 0.353 e. The minimum Gasteiger partial charge on any atom is -0.477 e. The maximum atomic E-state index is 11.9. The average molecular weight is 240 g/mol. The minimum absolute atomic E-state index is 0.0426. The van der Waals surface area contributed by atoms with Gasteiger partial charge in [-0.3, -0.25) is 4.79 Å². The zero-order valence-corrected chi connectivity index (χ0v) is 9.73. The van der Waals surface area contributed by atoms with Crippen LogP contribution in [0.25, 0.3) is 0 Å². The van der Waals surface area contributed by atoms with E-state index >= 15 is 0 Å². The van der Waals surface area contributed by atoms with Gasteiger partial charge in [-0.05, 0) is 25.7 Å². The van der Waals surface area contributed by atoms with E-state index in [-0.39, 0.29) is 23.6 Å². The molecule has 1 aliphatic carbocycles. The zero-order chi connectivity index (χ0) is 12.5. The molecule has 0 bridgehead atoms. The van der Waals surface area contributed by atoms with Gasteiger partial charge in [0.25, 0.3) is 5.91 Å². The Balaban J connectivity index is 1.88. The summed E-state index contributed by atoms with van der Waals surface area (Å²) in [6.07, 6.45) is 3.23. The van der Waals surface area contributed by atoms with Crippen LogP contribution in [0.5, 0.6) is 0 Å². The molecule has 0 radical (unpaired) electrons. The van der Waals surface area contributed by atoms with Crippen molar-refractivity contribution in [2.75, 3.05) is 0 Å². The fourth-order valence-corrected chi connectivity index (χ4v) is 2.16. The third-order valence-corrected chi connectivity index (χ3v) is 3.58. The molecule has 0 spiro atoms. The van der Waals surface area contributed by atoms with Crippen LogP contribution in [-0.2, 0) is 14.4 Å². The molecule has 1 fully saturated rings. The number of carbonyl (C=O) groups is 2. The van der Waals surface area contributed by atoms with E-state index in [2.05, 4.69) is 10.5 Å². The molecule has 0 aromatic rings. The fourth-order valence-electron chi connectivity index (χ4n) is 2.16. The van der Waals surface area contributed by atoms with Crippen molar-refractivity contribution in [1.82, 2.24) is 5.32 Å². The fraction of sp³-hybridized carbons (Fsp3) is 0.727. The van der Waals surface area contributed by atoms with Crippen LogP contribution in [0, 0.1) is 0 Å². The Morgan fingerprint density at radius 1 is 1.59 bits per heavy atom. The van der Waals surface area contributed by atoms with Crippen molar-refractivity contribution in [3.8, 4) is 0 Å². The standard InChI is InChI=1S/C11H16N2O4/c1-2-11(4-3-5-11)12-9(14)8-6-7(10(15)16)13-17-8/h8H,2-6H2,1H3,(H,12,14)(H,15,16). The van der Waals surface area contributed by atoms with Gasteiger partial charge < -0.3 is 15.3 Å². The van der Waals surface area contributed by atoms with Crippen molar-refractivity contribution >= 4 is 17.6 Å². The number of amides is 1. The van der Waals surface area contributed by atoms with Crippen LogP contribution < -0.4 is 5.32 Å². The molecule has 0 aromatic carbocycles. The summed E-state index contributed by atoms with van der Waals surface area (Å²) in [4.78, 5) is 27.4. The van der Waals surface area contributed by atoms with Gasteiger partial charge in [0.15, 0.2) is 5.71 Å². The Morgan fingerprint density at radius 3 is 2.71 bits per heavy atom. The third kappa shape index (κ3) is 2.25. The summed E-state index contributed by atoms with van der Waals surface area (Å²) in [7, 11) is 0. The number of carboxylic acid groups (broad SMARTS) is 1. The molecular formula is C11H16N2O4. The number of carboxylic acids is 1. The molecule has 6 heteroatoms. The van der Waals surface area contributed by atoms with Crippen LogP contribution in [-0.4, -0.2) is 34.3 Å². The maximum Gasteiger partial charge on any atom is 0.353 e. The number of nitrogens with zero attached hydrogens (tertiary/aromatic N) is 1. The molecule has 94 valence electrons. The number of carbonyl (C=O) groups excluding carboxylic acids is 1. The largest absolute Gasteiger partial charge is 0.477 e. The summed E-state index contributed by atoms with van der Waals surface area (Å²) in [6.45, 7) is 2.04. The maximum absolute atomic E-state index is 11.9. The van der Waals surface area contributed by atoms with E-state index in [1.807, 2.05) is 6.92 Å². The molecule has 2 aliphatic rings. The van der Waals surface area contributed by atoms with Gasteiger partial charge in [-0.2, -0.15) is 0 Å². The second-order valence-corrected chi connectivity index (χ2v) is 4.62. The van der Waals surface area contributed by atoms with Gasteiger partial charge in [-0.1, -0.05) is 12.1 Å². The summed E-state index contributed by atoms with van der Waals surface area (Å²) >= 11 is 0. The van der Waals surface area contributed by atoms with E-state index in [4.69, 9.17) is 9.94 Å². The molecule has 0 saturated heterocycles. The number of nitrogens with one attached hydrogen (secondary N) is 1. The van der Waals surface area contributed by atoms with Crippen LogP contribution in [0.2, 0.25) is 0 Å². The first-order valence-corrected chi connectivity index (χ1v) is 5.84. The van der Waals surface area contributed by atoms with E-state index in [0.717, 1.165) is 25.7 Å². The number of hydrogen-bond donors (Lipinski definition) is 2. The van der Waals surface area contributed by atoms with E-state index in [9.17, 15) is 9.59 Å². The number of rotatable bonds is 4. The molecule has 1 atom stereocenters. The molecule has 17 heavy (non-hydrogen) atoms. The summed E-state index contributed by atoms with van der Waals surface area (Å²) in [5.74, 6) is -1.39. The van der Waals surface area contributed by atoms with Gasteiger partial charge in [-0.25, -0.2) is 4.79 Å². The quantitative estimate of drug-likeness (QED) is 0.755. The topological polar surface area (TPSA) is 88.0 Å². The van der Waals surface area contributed by atoms with Gasteiger partial charge in [0.1, 0.15) is 0 Å². The lowest BCUT2D eigenvalue weighted by atomic mass is 9.74. The normalized spacial score (nSPS) is 25.5. The molecule has 1 saturated carbocycles. The van der Waals surface area contributed by atoms with Gasteiger partial charge in [-0.15, -0.1) is 0 Å². The second kappa shape index (κ2) is 4.35. The molecule has 0 aromatic heterocycles. The molecule has 2 rings (SSSR count). The Morgan fingerprint density at radius 2 is 2.29 bits per heavy atom. The van der Waals surface area contributed by atoms with Gasteiger partial charge in [0.05, 0.1) is 0 Å². The van der Waals surface area contributed by atoms with Crippen LogP contribution in [0.3, 0.4) is 0 Å². The highest BCUT2D eigenvalue weighted by Crippen LogP contribution is 2.34. The molecule has 1 unspecified atom stereocenters. The SMILES string of the molecule is CCC1(NC(=O)C2CC(C(=O)O)=NO2)CCC1. The van der Waals surface area contributed by atoms with Gasteiger partial charge in [0.2, 0.25) is 6.10 Å². The monoisotopic (exact) mass is 240 g/mol. The minimum atomic E-state index is -1.13. The first-order valence-electron chi connectivity index (χ1n) is 5.84. The van der Waals surface area contributed by atoms with Crippen molar-refractivity contribution in [2.45, 2.75) is 50.7 Å². The first-order chi connectivity index (χ1) is 8.06.